The number of aromatic amines is 1. The summed E-state index contributed by atoms with van der Waals surface area (Å²) in [5.74, 6) is -0.432. The lowest BCUT2D eigenvalue weighted by atomic mass is 10.1. The standard InChI is InChI=1S/C19H21N5O3/c1-3-4-11-24-16(20)15(17(25)22-19(24)27)23(2)18(26)13-7-5-9-14-12(13)8-6-10-21-14/h5-10H,3-4,11,20H2,1-2H3,(H,22,25,27). The van der Waals surface area contributed by atoms with E-state index in [1.165, 1.54) is 16.5 Å². The van der Waals surface area contributed by atoms with Gasteiger partial charge in [-0.05, 0) is 24.6 Å². The third-order valence-corrected chi connectivity index (χ3v) is 4.47. The molecule has 1 aromatic carbocycles. The molecule has 3 rings (SSSR count). The predicted octanol–water partition coefficient (Wildman–Crippen LogP) is 1.74. The Kier molecular flexibility index (Phi) is 5.07. The smallest absolute Gasteiger partial charge is 0.330 e. The van der Waals surface area contributed by atoms with Crippen LogP contribution in [0.15, 0.2) is 46.1 Å². The molecule has 1 amide bonds. The molecular weight excluding hydrogens is 346 g/mol. The van der Waals surface area contributed by atoms with Crippen molar-refractivity contribution in [3.8, 4) is 0 Å². The van der Waals surface area contributed by atoms with Crippen molar-refractivity contribution < 1.29 is 4.79 Å². The normalized spacial score (nSPS) is 10.9. The van der Waals surface area contributed by atoms with Gasteiger partial charge in [-0.3, -0.25) is 24.1 Å². The van der Waals surface area contributed by atoms with Crippen molar-refractivity contribution in [3.63, 3.8) is 0 Å². The molecule has 0 aliphatic heterocycles. The number of fused-ring (bicyclic) bond motifs is 1. The van der Waals surface area contributed by atoms with Gasteiger partial charge in [-0.25, -0.2) is 4.79 Å². The van der Waals surface area contributed by atoms with Crippen LogP contribution in [0.1, 0.15) is 30.1 Å². The molecule has 0 bridgehead atoms. The first-order valence-electron chi connectivity index (χ1n) is 8.70. The fraction of sp³-hybridized carbons (Fsp3) is 0.263. The molecule has 0 aliphatic carbocycles. The minimum Gasteiger partial charge on any atom is -0.383 e. The molecule has 140 valence electrons. The van der Waals surface area contributed by atoms with E-state index in [-0.39, 0.29) is 11.5 Å². The van der Waals surface area contributed by atoms with Crippen molar-refractivity contribution in [2.45, 2.75) is 26.3 Å². The summed E-state index contributed by atoms with van der Waals surface area (Å²) in [6, 6.07) is 8.73. The van der Waals surface area contributed by atoms with E-state index in [9.17, 15) is 14.4 Å². The number of hydrogen-bond donors (Lipinski definition) is 2. The van der Waals surface area contributed by atoms with Gasteiger partial charge >= 0.3 is 5.69 Å². The molecule has 0 fully saturated rings. The van der Waals surface area contributed by atoms with Crippen LogP contribution in [0.4, 0.5) is 11.5 Å². The fourth-order valence-corrected chi connectivity index (χ4v) is 3.01. The Morgan fingerprint density at radius 1 is 1.26 bits per heavy atom. The van der Waals surface area contributed by atoms with Crippen molar-refractivity contribution in [2.24, 2.45) is 0 Å². The van der Waals surface area contributed by atoms with Gasteiger partial charge in [-0.2, -0.15) is 0 Å². The molecule has 0 unspecified atom stereocenters. The zero-order valence-electron chi connectivity index (χ0n) is 15.2. The lowest BCUT2D eigenvalue weighted by Crippen LogP contribution is -2.39. The lowest BCUT2D eigenvalue weighted by Gasteiger charge is -2.21. The summed E-state index contributed by atoms with van der Waals surface area (Å²) in [7, 11) is 1.47. The summed E-state index contributed by atoms with van der Waals surface area (Å²) in [4.78, 5) is 45.2. The van der Waals surface area contributed by atoms with Gasteiger partial charge in [0.05, 0.1) is 5.52 Å². The molecule has 8 nitrogen and oxygen atoms in total. The van der Waals surface area contributed by atoms with Gasteiger partial charge in [0, 0.05) is 30.7 Å². The second-order valence-electron chi connectivity index (χ2n) is 6.24. The number of H-pyrrole nitrogens is 1. The Balaban J connectivity index is 2.10. The van der Waals surface area contributed by atoms with Crippen LogP contribution in [0, 0.1) is 0 Å². The predicted molar refractivity (Wildman–Crippen MR) is 105 cm³/mol. The maximum Gasteiger partial charge on any atom is 0.330 e. The Bertz CT molecular complexity index is 1110. The molecule has 0 radical (unpaired) electrons. The highest BCUT2D eigenvalue weighted by molar-refractivity contribution is 6.14. The molecule has 3 N–H and O–H groups in total. The lowest BCUT2D eigenvalue weighted by molar-refractivity contribution is 0.0994. The molecule has 0 atom stereocenters. The molecule has 0 spiro atoms. The van der Waals surface area contributed by atoms with Gasteiger partial charge in [-0.15, -0.1) is 0 Å². The highest BCUT2D eigenvalue weighted by Gasteiger charge is 2.23. The third kappa shape index (κ3) is 3.33. The summed E-state index contributed by atoms with van der Waals surface area (Å²) >= 11 is 0. The maximum absolute atomic E-state index is 13.1. The number of amides is 1. The van der Waals surface area contributed by atoms with Crippen LogP contribution in [0.2, 0.25) is 0 Å². The highest BCUT2D eigenvalue weighted by Crippen LogP contribution is 2.22. The number of unbranched alkanes of at least 4 members (excludes halogenated alkanes) is 1. The molecule has 27 heavy (non-hydrogen) atoms. The number of nitrogens with zero attached hydrogens (tertiary/aromatic N) is 3. The van der Waals surface area contributed by atoms with E-state index in [0.29, 0.717) is 23.0 Å². The van der Waals surface area contributed by atoms with Crippen molar-refractivity contribution >= 4 is 28.3 Å². The molecule has 0 saturated carbocycles. The Morgan fingerprint density at radius 3 is 2.78 bits per heavy atom. The third-order valence-electron chi connectivity index (χ3n) is 4.47. The van der Waals surface area contributed by atoms with Crippen molar-refractivity contribution in [1.29, 1.82) is 0 Å². The number of nitrogen functional groups attached to an aromatic ring is 1. The van der Waals surface area contributed by atoms with Crippen LogP contribution < -0.4 is 21.9 Å². The van der Waals surface area contributed by atoms with E-state index in [0.717, 1.165) is 12.8 Å². The van der Waals surface area contributed by atoms with Crippen molar-refractivity contribution in [2.75, 3.05) is 17.7 Å². The molecule has 2 aromatic heterocycles. The largest absolute Gasteiger partial charge is 0.383 e. The van der Waals surface area contributed by atoms with Crippen LogP contribution >= 0.6 is 0 Å². The van der Waals surface area contributed by atoms with Crippen LogP contribution in [0.3, 0.4) is 0 Å². The fourth-order valence-electron chi connectivity index (χ4n) is 3.01. The zero-order valence-corrected chi connectivity index (χ0v) is 15.2. The van der Waals surface area contributed by atoms with Crippen LogP contribution in [-0.2, 0) is 6.54 Å². The molecule has 0 saturated heterocycles. The Labute approximate surface area is 155 Å². The summed E-state index contributed by atoms with van der Waals surface area (Å²) in [5.41, 5.74) is 5.84. The van der Waals surface area contributed by atoms with Crippen molar-refractivity contribution in [1.82, 2.24) is 14.5 Å². The number of rotatable bonds is 5. The topological polar surface area (TPSA) is 114 Å². The van der Waals surface area contributed by atoms with Gasteiger partial charge in [-0.1, -0.05) is 25.5 Å². The average Bonchev–Trinajstić information content (AvgIpc) is 2.66. The van der Waals surface area contributed by atoms with Gasteiger partial charge in [0.15, 0.2) is 5.69 Å². The van der Waals surface area contributed by atoms with Gasteiger partial charge < -0.3 is 10.6 Å². The first-order chi connectivity index (χ1) is 13.0. The molecular formula is C19H21N5O3. The van der Waals surface area contributed by atoms with E-state index in [1.54, 1.807) is 36.5 Å². The quantitative estimate of drug-likeness (QED) is 0.713. The molecule has 3 aromatic rings. The van der Waals surface area contributed by atoms with Gasteiger partial charge in [0.2, 0.25) is 0 Å². The van der Waals surface area contributed by atoms with Crippen molar-refractivity contribution in [3.05, 3.63) is 62.9 Å². The maximum atomic E-state index is 13.1. The number of aromatic nitrogens is 3. The number of carbonyl (C=O) groups excluding carboxylic acids is 1. The number of pyridine rings is 1. The van der Waals surface area contributed by atoms with E-state index < -0.39 is 17.2 Å². The van der Waals surface area contributed by atoms with E-state index >= 15 is 0 Å². The second-order valence-corrected chi connectivity index (χ2v) is 6.24. The Hall–Kier alpha value is -3.42. The van der Waals surface area contributed by atoms with Gasteiger partial charge in [0.1, 0.15) is 5.82 Å². The zero-order chi connectivity index (χ0) is 19.6. The molecule has 0 aliphatic rings. The average molecular weight is 367 g/mol. The van der Waals surface area contributed by atoms with Crippen LogP contribution in [0.5, 0.6) is 0 Å². The number of hydrogen-bond acceptors (Lipinski definition) is 5. The highest BCUT2D eigenvalue weighted by atomic mass is 16.2. The van der Waals surface area contributed by atoms with Crippen LogP contribution in [0.25, 0.3) is 10.9 Å². The number of nitrogens with one attached hydrogen (secondary N) is 1. The number of carbonyl (C=O) groups is 1. The second kappa shape index (κ2) is 7.45. The van der Waals surface area contributed by atoms with E-state index in [4.69, 9.17) is 5.73 Å². The number of benzene rings is 1. The first kappa shape index (κ1) is 18.4. The number of nitrogens with two attached hydrogens (primary N) is 1. The first-order valence-corrected chi connectivity index (χ1v) is 8.70. The SMILES string of the molecule is CCCCn1c(N)c(N(C)C(=O)c2cccc3ncccc23)c(=O)[nH]c1=O. The molecule has 2 heterocycles. The van der Waals surface area contributed by atoms with E-state index in [1.807, 2.05) is 6.92 Å². The summed E-state index contributed by atoms with van der Waals surface area (Å²) in [5, 5.41) is 0.672. The number of anilines is 2. The minimum absolute atomic E-state index is 0.0218. The summed E-state index contributed by atoms with van der Waals surface area (Å²) in [6.45, 7) is 2.35. The van der Waals surface area contributed by atoms with Crippen LogP contribution in [-0.4, -0.2) is 27.5 Å². The van der Waals surface area contributed by atoms with Gasteiger partial charge in [0.25, 0.3) is 11.5 Å². The van der Waals surface area contributed by atoms with E-state index in [2.05, 4.69) is 9.97 Å². The monoisotopic (exact) mass is 367 g/mol. The molecule has 8 heteroatoms. The Morgan fingerprint density at radius 2 is 2.04 bits per heavy atom. The summed E-state index contributed by atoms with van der Waals surface area (Å²) in [6.07, 6.45) is 3.23. The minimum atomic E-state index is -0.695. The summed E-state index contributed by atoms with van der Waals surface area (Å²) < 4.78 is 1.29.